The summed E-state index contributed by atoms with van der Waals surface area (Å²) in [6, 6.07) is 17.5. The third-order valence-corrected chi connectivity index (χ3v) is 9.39. The zero-order valence-electron chi connectivity index (χ0n) is 15.9. The molecule has 0 spiro atoms. The van der Waals surface area contributed by atoms with Crippen molar-refractivity contribution in [3.8, 4) is 0 Å². The highest BCUT2D eigenvalue weighted by Gasteiger charge is 2.33. The molecule has 144 valence electrons. The van der Waals surface area contributed by atoms with Gasteiger partial charge >= 0.3 is 0 Å². The minimum Gasteiger partial charge on any atom is -0.349 e. The number of nitrogens with zero attached hydrogens (tertiary/aromatic N) is 4. The lowest BCUT2D eigenvalue weighted by Crippen LogP contribution is -2.34. The lowest BCUT2D eigenvalue weighted by Gasteiger charge is -2.27. The summed E-state index contributed by atoms with van der Waals surface area (Å²) in [5.41, 5.74) is 4.02. The van der Waals surface area contributed by atoms with Crippen LogP contribution in [0.5, 0.6) is 0 Å². The summed E-state index contributed by atoms with van der Waals surface area (Å²) in [4.78, 5) is 0. The molecule has 0 bridgehead atoms. The number of hydrogen-bond acceptors (Lipinski definition) is 1. The molecule has 0 radical (unpaired) electrons. The summed E-state index contributed by atoms with van der Waals surface area (Å²) < 4.78 is 26.7. The van der Waals surface area contributed by atoms with Crippen LogP contribution in [0.15, 0.2) is 77.9 Å². The number of rotatable bonds is 4. The van der Waals surface area contributed by atoms with Gasteiger partial charge in [-0.25, -0.2) is 9.14 Å². The highest BCUT2D eigenvalue weighted by molar-refractivity contribution is 14.1. The van der Waals surface area contributed by atoms with Gasteiger partial charge in [0.05, 0.1) is 22.0 Å². The second kappa shape index (κ2) is 7.41. The fraction of sp³-hybridized carbons (Fsp3) is 0.143. The molecule has 28 heavy (non-hydrogen) atoms. The summed E-state index contributed by atoms with van der Waals surface area (Å²) >= 11 is 2.14. The maximum Gasteiger partial charge on any atom is 0.126 e. The van der Waals surface area contributed by atoms with Crippen molar-refractivity contribution in [2.75, 3.05) is 0 Å². The molecule has 3 aromatic heterocycles. The maximum absolute atomic E-state index is 14.2. The first-order valence-electron chi connectivity index (χ1n) is 8.86. The fourth-order valence-electron chi connectivity index (χ4n) is 3.64. The Morgan fingerprint density at radius 3 is 1.61 bits per heavy atom. The molecule has 0 amide bonds. The molecule has 0 fully saturated rings. The molecule has 0 aliphatic heterocycles. The minimum absolute atomic E-state index is 0.269. The van der Waals surface area contributed by atoms with Gasteiger partial charge in [-0.3, -0.25) is 0 Å². The van der Waals surface area contributed by atoms with Gasteiger partial charge in [-0.2, -0.15) is 0 Å². The molecule has 0 aliphatic rings. The van der Waals surface area contributed by atoms with E-state index in [1.54, 1.807) is 0 Å². The molecular formula is C21H21FIN4P. The first-order chi connectivity index (χ1) is 13.4. The van der Waals surface area contributed by atoms with E-state index in [4.69, 9.17) is 4.74 Å². The van der Waals surface area contributed by atoms with Crippen molar-refractivity contribution in [2.24, 2.45) is 25.9 Å². The van der Waals surface area contributed by atoms with Crippen LogP contribution in [0.3, 0.4) is 0 Å². The van der Waals surface area contributed by atoms with E-state index in [-0.39, 0.29) is 5.82 Å². The molecule has 0 aliphatic carbocycles. The molecule has 0 N–H and O–H groups in total. The molecular weight excluding hydrogens is 485 g/mol. The number of benzene rings is 1. The standard InChI is InChI=1S/C21H21FIN4P/c1-25-10-4-7-19(25)28(20-8-5-11-26(20)2,21-9-6-12-27(21)3)24-18-14-16(22)13-17(23)15-18/h4-15H,1-3H3. The van der Waals surface area contributed by atoms with Crippen molar-refractivity contribution in [2.45, 2.75) is 0 Å². The summed E-state index contributed by atoms with van der Waals surface area (Å²) in [6.07, 6.45) is 6.13. The van der Waals surface area contributed by atoms with Gasteiger partial charge in [0.25, 0.3) is 0 Å². The average Bonchev–Trinajstić information content (AvgIpc) is 3.34. The Bertz CT molecular complexity index is 1080. The van der Waals surface area contributed by atoms with Gasteiger partial charge in [0.2, 0.25) is 0 Å². The molecule has 7 heteroatoms. The second-order valence-electron chi connectivity index (χ2n) is 6.79. The molecule has 3 heterocycles. The van der Waals surface area contributed by atoms with Crippen LogP contribution in [-0.2, 0) is 21.1 Å². The van der Waals surface area contributed by atoms with E-state index >= 15 is 0 Å². The third-order valence-electron chi connectivity index (χ3n) is 4.86. The average molecular weight is 506 g/mol. The van der Waals surface area contributed by atoms with E-state index in [0.717, 1.165) is 19.9 Å². The van der Waals surface area contributed by atoms with Gasteiger partial charge in [-0.1, -0.05) is 0 Å². The van der Waals surface area contributed by atoms with Crippen molar-refractivity contribution in [3.63, 3.8) is 0 Å². The molecule has 4 nitrogen and oxygen atoms in total. The predicted octanol–water partition coefficient (Wildman–Crippen LogP) is 4.26. The quantitative estimate of drug-likeness (QED) is 0.293. The van der Waals surface area contributed by atoms with Crippen molar-refractivity contribution in [1.82, 2.24) is 13.7 Å². The van der Waals surface area contributed by atoms with Crippen molar-refractivity contribution < 1.29 is 4.39 Å². The van der Waals surface area contributed by atoms with E-state index < -0.39 is 7.05 Å². The Labute approximate surface area is 177 Å². The molecule has 0 atom stereocenters. The Kier molecular flexibility index (Phi) is 5.10. The Balaban J connectivity index is 2.20. The van der Waals surface area contributed by atoms with Crippen LogP contribution in [-0.4, -0.2) is 13.7 Å². The van der Waals surface area contributed by atoms with Gasteiger partial charge in [-0.15, -0.1) is 0 Å². The van der Waals surface area contributed by atoms with Crippen LogP contribution >= 0.6 is 29.6 Å². The molecule has 0 saturated heterocycles. The van der Waals surface area contributed by atoms with E-state index in [0.29, 0.717) is 5.69 Å². The van der Waals surface area contributed by atoms with Gasteiger partial charge in [0.15, 0.2) is 0 Å². The van der Waals surface area contributed by atoms with E-state index in [9.17, 15) is 4.39 Å². The van der Waals surface area contributed by atoms with E-state index in [1.807, 2.05) is 64.0 Å². The fourth-order valence-corrected chi connectivity index (χ4v) is 8.21. The van der Waals surface area contributed by atoms with Gasteiger partial charge in [0.1, 0.15) is 12.9 Å². The number of aryl methyl sites for hydroxylation is 3. The minimum atomic E-state index is -2.44. The smallest absolute Gasteiger partial charge is 0.126 e. The van der Waals surface area contributed by atoms with Gasteiger partial charge in [-0.05, 0) is 77.2 Å². The van der Waals surface area contributed by atoms with Crippen LogP contribution < -0.4 is 16.3 Å². The molecule has 0 unspecified atom stereocenters. The maximum atomic E-state index is 14.2. The normalized spacial score (nSPS) is 11.8. The van der Waals surface area contributed by atoms with E-state index in [1.165, 1.54) is 12.1 Å². The van der Waals surface area contributed by atoms with Crippen LogP contribution in [0.2, 0.25) is 0 Å². The topological polar surface area (TPSA) is 27.1 Å². The molecule has 1 aromatic carbocycles. The lowest BCUT2D eigenvalue weighted by atomic mass is 10.3. The highest BCUT2D eigenvalue weighted by Crippen LogP contribution is 2.49. The number of aromatic nitrogens is 3. The zero-order valence-corrected chi connectivity index (χ0v) is 19.0. The summed E-state index contributed by atoms with van der Waals surface area (Å²) in [6.45, 7) is 0. The number of halogens is 2. The monoisotopic (exact) mass is 506 g/mol. The zero-order chi connectivity index (χ0) is 19.9. The van der Waals surface area contributed by atoms with Crippen molar-refractivity contribution in [3.05, 3.63) is 82.6 Å². The third kappa shape index (κ3) is 3.18. The first kappa shape index (κ1) is 19.3. The summed E-state index contributed by atoms with van der Waals surface area (Å²) in [5.74, 6) is -0.269. The van der Waals surface area contributed by atoms with Crippen molar-refractivity contribution >= 4 is 51.6 Å². The molecule has 4 rings (SSSR count). The van der Waals surface area contributed by atoms with Crippen LogP contribution in [0.25, 0.3) is 0 Å². The Morgan fingerprint density at radius 2 is 1.25 bits per heavy atom. The second-order valence-corrected chi connectivity index (χ2v) is 10.9. The highest BCUT2D eigenvalue weighted by atomic mass is 127. The van der Waals surface area contributed by atoms with Gasteiger partial charge < -0.3 is 13.7 Å². The van der Waals surface area contributed by atoms with Gasteiger partial charge in [0, 0.05) is 43.3 Å². The Morgan fingerprint density at radius 1 is 0.786 bits per heavy atom. The van der Waals surface area contributed by atoms with Crippen molar-refractivity contribution in [1.29, 1.82) is 0 Å². The summed E-state index contributed by atoms with van der Waals surface area (Å²) in [5, 5.41) is 0. The van der Waals surface area contributed by atoms with E-state index in [2.05, 4.69) is 54.5 Å². The van der Waals surface area contributed by atoms with Crippen LogP contribution in [0.4, 0.5) is 10.1 Å². The van der Waals surface area contributed by atoms with Crippen LogP contribution in [0, 0.1) is 9.39 Å². The van der Waals surface area contributed by atoms with Crippen LogP contribution in [0.1, 0.15) is 0 Å². The molecule has 4 aromatic rings. The number of hydrogen-bond donors (Lipinski definition) is 0. The SMILES string of the molecule is Cn1cccc1P(=Nc1cc(F)cc(I)c1)(c1cccn1C)c1cccn1C. The first-order valence-corrected chi connectivity index (χ1v) is 11.7. The largest absolute Gasteiger partial charge is 0.349 e. The summed E-state index contributed by atoms with van der Waals surface area (Å²) in [7, 11) is 3.69. The Hall–Kier alpha value is -2.05. The predicted molar refractivity (Wildman–Crippen MR) is 123 cm³/mol. The lowest BCUT2D eigenvalue weighted by molar-refractivity contribution is 0.627. The molecule has 0 saturated carbocycles.